The van der Waals surface area contributed by atoms with Crippen LogP contribution in [-0.4, -0.2) is 12.5 Å². The molecule has 2 nitrogen and oxygen atoms in total. The third kappa shape index (κ3) is 6.68. The molecule has 122 valence electrons. The Kier molecular flexibility index (Phi) is 6.86. The van der Waals surface area contributed by atoms with Gasteiger partial charge in [0.05, 0.1) is 0 Å². The van der Waals surface area contributed by atoms with Crippen LogP contribution in [0.15, 0.2) is 54.6 Å². The van der Waals surface area contributed by atoms with Crippen LogP contribution in [0.25, 0.3) is 0 Å². The normalized spacial score (nSPS) is 11.9. The van der Waals surface area contributed by atoms with Crippen molar-refractivity contribution in [2.75, 3.05) is 6.54 Å². The van der Waals surface area contributed by atoms with Crippen molar-refractivity contribution in [3.8, 4) is 0 Å². The van der Waals surface area contributed by atoms with Gasteiger partial charge in [0, 0.05) is 13.0 Å². The molecule has 2 heteroatoms. The smallest absolute Gasteiger partial charge is 0.220 e. The Hall–Kier alpha value is -2.09. The fourth-order valence-corrected chi connectivity index (χ4v) is 2.76. The van der Waals surface area contributed by atoms with Crippen molar-refractivity contribution in [3.05, 3.63) is 71.3 Å². The first-order chi connectivity index (χ1) is 11.1. The van der Waals surface area contributed by atoms with E-state index in [0.29, 0.717) is 18.9 Å². The van der Waals surface area contributed by atoms with Crippen LogP contribution in [0.3, 0.4) is 0 Å². The van der Waals surface area contributed by atoms with Crippen molar-refractivity contribution in [1.29, 1.82) is 0 Å². The zero-order chi connectivity index (χ0) is 16.5. The highest BCUT2D eigenvalue weighted by Gasteiger charge is 2.09. The van der Waals surface area contributed by atoms with Gasteiger partial charge in [-0.3, -0.25) is 4.79 Å². The third-order valence-corrected chi connectivity index (χ3v) is 4.12. The summed E-state index contributed by atoms with van der Waals surface area (Å²) in [7, 11) is 0. The Morgan fingerprint density at radius 1 is 1.00 bits per heavy atom. The van der Waals surface area contributed by atoms with Gasteiger partial charge < -0.3 is 5.32 Å². The highest BCUT2D eigenvalue weighted by atomic mass is 16.1. The van der Waals surface area contributed by atoms with E-state index in [0.717, 1.165) is 19.3 Å². The van der Waals surface area contributed by atoms with Crippen LogP contribution in [0.5, 0.6) is 0 Å². The first-order valence-corrected chi connectivity index (χ1v) is 8.49. The van der Waals surface area contributed by atoms with Gasteiger partial charge in [-0.25, -0.2) is 0 Å². The van der Waals surface area contributed by atoms with E-state index in [4.69, 9.17) is 0 Å². The number of hydrogen-bond donors (Lipinski definition) is 1. The summed E-state index contributed by atoms with van der Waals surface area (Å²) in [6.45, 7) is 4.97. The minimum Gasteiger partial charge on any atom is -0.356 e. The molecule has 0 bridgehead atoms. The molecule has 0 saturated carbocycles. The highest BCUT2D eigenvalue weighted by Crippen LogP contribution is 2.12. The van der Waals surface area contributed by atoms with E-state index < -0.39 is 0 Å². The molecule has 2 aromatic rings. The van der Waals surface area contributed by atoms with Crippen molar-refractivity contribution >= 4 is 5.91 Å². The van der Waals surface area contributed by atoms with Crippen molar-refractivity contribution in [3.63, 3.8) is 0 Å². The van der Waals surface area contributed by atoms with E-state index in [1.807, 2.05) is 6.07 Å². The second-order valence-corrected chi connectivity index (χ2v) is 6.42. The molecule has 1 unspecified atom stereocenters. The average molecular weight is 309 g/mol. The predicted molar refractivity (Wildman–Crippen MR) is 96.4 cm³/mol. The maximum absolute atomic E-state index is 12.0. The monoisotopic (exact) mass is 309 g/mol. The van der Waals surface area contributed by atoms with E-state index in [1.165, 1.54) is 16.7 Å². The summed E-state index contributed by atoms with van der Waals surface area (Å²) < 4.78 is 0. The number of amides is 1. The summed E-state index contributed by atoms with van der Waals surface area (Å²) in [5, 5.41) is 3.04. The maximum Gasteiger partial charge on any atom is 0.220 e. The SMILES string of the molecule is Cc1cccc(CCNC(=O)CC(C)CCc2ccccc2)c1. The fourth-order valence-electron chi connectivity index (χ4n) is 2.76. The van der Waals surface area contributed by atoms with Gasteiger partial charge in [-0.2, -0.15) is 0 Å². The number of aryl methyl sites for hydroxylation is 2. The average Bonchev–Trinajstić information content (AvgIpc) is 2.54. The molecule has 2 rings (SSSR count). The lowest BCUT2D eigenvalue weighted by Gasteiger charge is -2.12. The minimum atomic E-state index is 0.165. The predicted octanol–water partition coefficient (Wildman–Crippen LogP) is 4.31. The Labute approximate surface area is 139 Å². The lowest BCUT2D eigenvalue weighted by atomic mass is 9.98. The quantitative estimate of drug-likeness (QED) is 0.773. The van der Waals surface area contributed by atoms with Gasteiger partial charge in [-0.15, -0.1) is 0 Å². The lowest BCUT2D eigenvalue weighted by Crippen LogP contribution is -2.27. The lowest BCUT2D eigenvalue weighted by molar-refractivity contribution is -0.121. The second kappa shape index (κ2) is 9.14. The molecule has 0 radical (unpaired) electrons. The summed E-state index contributed by atoms with van der Waals surface area (Å²) in [5.74, 6) is 0.576. The number of hydrogen-bond acceptors (Lipinski definition) is 1. The standard InChI is InChI=1S/C21H27NO/c1-17-7-6-10-20(15-17)13-14-22-21(23)16-18(2)11-12-19-8-4-3-5-9-19/h3-10,15,18H,11-14,16H2,1-2H3,(H,22,23). The summed E-state index contributed by atoms with van der Waals surface area (Å²) in [4.78, 5) is 12.0. The van der Waals surface area contributed by atoms with Crippen LogP contribution in [0, 0.1) is 12.8 Å². The number of benzene rings is 2. The first kappa shape index (κ1) is 17.3. The number of rotatable bonds is 8. The van der Waals surface area contributed by atoms with Crippen LogP contribution < -0.4 is 5.32 Å². The fraction of sp³-hybridized carbons (Fsp3) is 0.381. The molecule has 1 amide bonds. The molecule has 0 saturated heterocycles. The highest BCUT2D eigenvalue weighted by molar-refractivity contribution is 5.76. The largest absolute Gasteiger partial charge is 0.356 e. The van der Waals surface area contributed by atoms with Gasteiger partial charge in [0.2, 0.25) is 5.91 Å². The van der Waals surface area contributed by atoms with Crippen LogP contribution in [-0.2, 0) is 17.6 Å². The van der Waals surface area contributed by atoms with Gasteiger partial charge in [-0.05, 0) is 43.2 Å². The Morgan fingerprint density at radius 3 is 2.48 bits per heavy atom. The summed E-state index contributed by atoms with van der Waals surface area (Å²) in [6, 6.07) is 18.9. The van der Waals surface area contributed by atoms with Gasteiger partial charge in [0.1, 0.15) is 0 Å². The number of nitrogens with one attached hydrogen (secondary N) is 1. The third-order valence-electron chi connectivity index (χ3n) is 4.12. The molecule has 0 aliphatic rings. The van der Waals surface area contributed by atoms with Crippen LogP contribution in [0.2, 0.25) is 0 Å². The zero-order valence-electron chi connectivity index (χ0n) is 14.2. The molecular weight excluding hydrogens is 282 g/mol. The van der Waals surface area contributed by atoms with Gasteiger partial charge in [0.15, 0.2) is 0 Å². The summed E-state index contributed by atoms with van der Waals surface area (Å²) in [5.41, 5.74) is 3.89. The first-order valence-electron chi connectivity index (χ1n) is 8.49. The van der Waals surface area contributed by atoms with Gasteiger partial charge in [-0.1, -0.05) is 67.1 Å². The van der Waals surface area contributed by atoms with Crippen molar-refractivity contribution < 1.29 is 4.79 Å². The molecule has 1 atom stereocenters. The van der Waals surface area contributed by atoms with E-state index in [2.05, 4.69) is 67.7 Å². The zero-order valence-corrected chi connectivity index (χ0v) is 14.2. The molecule has 0 aliphatic carbocycles. The molecule has 2 aromatic carbocycles. The van der Waals surface area contributed by atoms with E-state index in [1.54, 1.807) is 0 Å². The summed E-state index contributed by atoms with van der Waals surface area (Å²) in [6.07, 6.45) is 3.60. The van der Waals surface area contributed by atoms with Crippen molar-refractivity contribution in [1.82, 2.24) is 5.32 Å². The number of carbonyl (C=O) groups excluding carboxylic acids is 1. The minimum absolute atomic E-state index is 0.165. The second-order valence-electron chi connectivity index (χ2n) is 6.42. The van der Waals surface area contributed by atoms with Gasteiger partial charge >= 0.3 is 0 Å². The van der Waals surface area contributed by atoms with Crippen LogP contribution >= 0.6 is 0 Å². The molecule has 0 aliphatic heterocycles. The van der Waals surface area contributed by atoms with Crippen LogP contribution in [0.1, 0.15) is 36.5 Å². The van der Waals surface area contributed by atoms with Crippen LogP contribution in [0.4, 0.5) is 0 Å². The molecule has 1 N–H and O–H groups in total. The Morgan fingerprint density at radius 2 is 1.74 bits per heavy atom. The summed E-state index contributed by atoms with van der Waals surface area (Å²) >= 11 is 0. The molecule has 23 heavy (non-hydrogen) atoms. The molecule has 0 heterocycles. The Bertz CT molecular complexity index is 606. The molecule has 0 spiro atoms. The van der Waals surface area contributed by atoms with E-state index in [-0.39, 0.29) is 5.91 Å². The van der Waals surface area contributed by atoms with Crippen molar-refractivity contribution in [2.24, 2.45) is 5.92 Å². The Balaban J connectivity index is 1.64. The topological polar surface area (TPSA) is 29.1 Å². The maximum atomic E-state index is 12.0. The number of carbonyl (C=O) groups is 1. The molecular formula is C21H27NO. The van der Waals surface area contributed by atoms with Crippen molar-refractivity contribution in [2.45, 2.75) is 39.5 Å². The van der Waals surface area contributed by atoms with E-state index in [9.17, 15) is 4.79 Å². The van der Waals surface area contributed by atoms with Gasteiger partial charge in [0.25, 0.3) is 0 Å². The molecule has 0 aromatic heterocycles. The van der Waals surface area contributed by atoms with E-state index >= 15 is 0 Å². The molecule has 0 fully saturated rings.